The molecule has 70 valence electrons. The van der Waals surface area contributed by atoms with Gasteiger partial charge in [0.25, 0.3) is 0 Å². The molecule has 0 spiro atoms. The highest BCUT2D eigenvalue weighted by Crippen LogP contribution is 2.01. The predicted octanol–water partition coefficient (Wildman–Crippen LogP) is 2.43. The van der Waals surface area contributed by atoms with Gasteiger partial charge >= 0.3 is 0 Å². The van der Waals surface area contributed by atoms with Gasteiger partial charge < -0.3 is 10.6 Å². The molecule has 2 nitrogen and oxygen atoms in total. The molecule has 11 heavy (non-hydrogen) atoms. The standard InChI is InChI=1S/C9H22N.H3N/c1-5-6-7-8-9-10(2,3)4;/h5-9H2,1-4H3;1H3/q+1;. The fraction of sp³-hybridized carbons (Fsp3) is 1.00. The second kappa shape index (κ2) is 6.62. The maximum Gasteiger partial charge on any atom is 0.0780 e. The third kappa shape index (κ3) is 13.0. The highest BCUT2D eigenvalue weighted by atomic mass is 15.3. The number of hydrogen-bond donors (Lipinski definition) is 1. The molecule has 0 aromatic rings. The number of rotatable bonds is 5. The molecule has 0 fully saturated rings. The van der Waals surface area contributed by atoms with Crippen LogP contribution in [0.1, 0.15) is 32.6 Å². The van der Waals surface area contributed by atoms with Gasteiger partial charge in [0, 0.05) is 0 Å². The molecular formula is C9H25N2+. The maximum absolute atomic E-state index is 2.26. The minimum Gasteiger partial charge on any atom is -0.344 e. The van der Waals surface area contributed by atoms with E-state index in [0.717, 1.165) is 4.48 Å². The third-order valence-electron chi connectivity index (χ3n) is 1.68. The smallest absolute Gasteiger partial charge is 0.0780 e. The van der Waals surface area contributed by atoms with Crippen LogP contribution in [0.4, 0.5) is 0 Å². The van der Waals surface area contributed by atoms with Gasteiger partial charge in [-0.15, -0.1) is 0 Å². The van der Waals surface area contributed by atoms with Crippen molar-refractivity contribution in [3.8, 4) is 0 Å². The SMILES string of the molecule is CCCCCC[N+](C)(C)C.N. The Morgan fingerprint density at radius 3 is 1.82 bits per heavy atom. The van der Waals surface area contributed by atoms with Crippen molar-refractivity contribution < 1.29 is 4.48 Å². The van der Waals surface area contributed by atoms with E-state index in [1.54, 1.807) is 0 Å². The molecule has 0 aromatic carbocycles. The van der Waals surface area contributed by atoms with Crippen LogP contribution in [0.5, 0.6) is 0 Å². The Balaban J connectivity index is 0. The van der Waals surface area contributed by atoms with Crippen LogP contribution < -0.4 is 6.15 Å². The summed E-state index contributed by atoms with van der Waals surface area (Å²) in [6.45, 7) is 3.58. The van der Waals surface area contributed by atoms with E-state index in [1.807, 2.05) is 0 Å². The molecule has 0 unspecified atom stereocenters. The van der Waals surface area contributed by atoms with Crippen molar-refractivity contribution in [2.45, 2.75) is 32.6 Å². The first-order valence-electron chi connectivity index (χ1n) is 4.36. The van der Waals surface area contributed by atoms with E-state index in [1.165, 1.54) is 32.2 Å². The fourth-order valence-corrected chi connectivity index (χ4v) is 1.01. The molecule has 0 aliphatic heterocycles. The summed E-state index contributed by atoms with van der Waals surface area (Å²) < 4.78 is 1.11. The summed E-state index contributed by atoms with van der Waals surface area (Å²) in [6, 6.07) is 0. The zero-order valence-corrected chi connectivity index (χ0v) is 8.69. The average Bonchev–Trinajstić information content (AvgIpc) is 1.78. The van der Waals surface area contributed by atoms with Crippen molar-refractivity contribution in [1.29, 1.82) is 0 Å². The van der Waals surface area contributed by atoms with Crippen LogP contribution in [0.25, 0.3) is 0 Å². The Labute approximate surface area is 71.8 Å². The van der Waals surface area contributed by atoms with Crippen LogP contribution >= 0.6 is 0 Å². The van der Waals surface area contributed by atoms with Crippen LogP contribution in [0.15, 0.2) is 0 Å². The molecule has 0 atom stereocenters. The number of hydrogen-bond acceptors (Lipinski definition) is 1. The first-order valence-corrected chi connectivity index (χ1v) is 4.36. The van der Waals surface area contributed by atoms with Gasteiger partial charge in [-0.05, 0) is 12.8 Å². The lowest BCUT2D eigenvalue weighted by molar-refractivity contribution is -0.870. The highest BCUT2D eigenvalue weighted by molar-refractivity contribution is 4.38. The van der Waals surface area contributed by atoms with Crippen LogP contribution in [-0.2, 0) is 0 Å². The Bertz CT molecular complexity index is 74.1. The first-order chi connectivity index (χ1) is 4.56. The summed E-state index contributed by atoms with van der Waals surface area (Å²) in [5, 5.41) is 0. The summed E-state index contributed by atoms with van der Waals surface area (Å²) >= 11 is 0. The zero-order valence-electron chi connectivity index (χ0n) is 8.69. The van der Waals surface area contributed by atoms with Crippen molar-refractivity contribution in [2.24, 2.45) is 0 Å². The molecule has 0 bridgehead atoms. The average molecular weight is 161 g/mol. The van der Waals surface area contributed by atoms with Crippen LogP contribution in [-0.4, -0.2) is 32.2 Å². The molecule has 3 N–H and O–H groups in total. The normalized spacial score (nSPS) is 10.9. The maximum atomic E-state index is 2.26. The van der Waals surface area contributed by atoms with Crippen molar-refractivity contribution >= 4 is 0 Å². The van der Waals surface area contributed by atoms with Gasteiger partial charge in [0.2, 0.25) is 0 Å². The Morgan fingerprint density at radius 1 is 0.909 bits per heavy atom. The monoisotopic (exact) mass is 161 g/mol. The molecule has 0 aromatic heterocycles. The van der Waals surface area contributed by atoms with Gasteiger partial charge in [0.05, 0.1) is 27.7 Å². The molecule has 0 aliphatic carbocycles. The van der Waals surface area contributed by atoms with E-state index in [0.29, 0.717) is 0 Å². The molecule has 0 amide bonds. The largest absolute Gasteiger partial charge is 0.344 e. The summed E-state index contributed by atoms with van der Waals surface area (Å²) in [7, 11) is 6.77. The molecule has 2 heteroatoms. The van der Waals surface area contributed by atoms with Crippen molar-refractivity contribution in [3.05, 3.63) is 0 Å². The number of nitrogens with zero attached hydrogens (tertiary/aromatic N) is 1. The number of unbranched alkanes of at least 4 members (excludes halogenated alkanes) is 3. The van der Waals surface area contributed by atoms with E-state index in [2.05, 4.69) is 28.1 Å². The molecule has 0 heterocycles. The van der Waals surface area contributed by atoms with Crippen LogP contribution in [0.2, 0.25) is 0 Å². The summed E-state index contributed by atoms with van der Waals surface area (Å²) in [5.41, 5.74) is 0. The van der Waals surface area contributed by atoms with Gasteiger partial charge in [-0.3, -0.25) is 0 Å². The van der Waals surface area contributed by atoms with Crippen molar-refractivity contribution in [3.63, 3.8) is 0 Å². The number of quaternary nitrogens is 1. The van der Waals surface area contributed by atoms with E-state index >= 15 is 0 Å². The fourth-order valence-electron chi connectivity index (χ4n) is 1.01. The third-order valence-corrected chi connectivity index (χ3v) is 1.68. The quantitative estimate of drug-likeness (QED) is 0.488. The second-order valence-corrected chi connectivity index (χ2v) is 4.07. The minimum atomic E-state index is 0. The van der Waals surface area contributed by atoms with Crippen molar-refractivity contribution in [2.75, 3.05) is 27.7 Å². The van der Waals surface area contributed by atoms with E-state index in [4.69, 9.17) is 0 Å². The van der Waals surface area contributed by atoms with E-state index in [9.17, 15) is 0 Å². The second-order valence-electron chi connectivity index (χ2n) is 4.07. The van der Waals surface area contributed by atoms with E-state index < -0.39 is 0 Å². The van der Waals surface area contributed by atoms with Crippen molar-refractivity contribution in [1.82, 2.24) is 6.15 Å². The molecule has 0 saturated carbocycles. The zero-order chi connectivity index (χ0) is 8.04. The van der Waals surface area contributed by atoms with E-state index in [-0.39, 0.29) is 6.15 Å². The van der Waals surface area contributed by atoms with Gasteiger partial charge in [0.15, 0.2) is 0 Å². The topological polar surface area (TPSA) is 35.0 Å². The van der Waals surface area contributed by atoms with Crippen LogP contribution in [0.3, 0.4) is 0 Å². The van der Waals surface area contributed by atoms with Gasteiger partial charge in [-0.25, -0.2) is 0 Å². The molecular weight excluding hydrogens is 136 g/mol. The molecule has 0 radical (unpaired) electrons. The molecule has 0 aliphatic rings. The van der Waals surface area contributed by atoms with Crippen LogP contribution in [0, 0.1) is 0 Å². The summed E-state index contributed by atoms with van der Waals surface area (Å²) in [4.78, 5) is 0. The first kappa shape index (κ1) is 13.5. The lowest BCUT2D eigenvalue weighted by atomic mass is 10.2. The van der Waals surface area contributed by atoms with Gasteiger partial charge in [-0.2, -0.15) is 0 Å². The lowest BCUT2D eigenvalue weighted by Crippen LogP contribution is -2.35. The Hall–Kier alpha value is -0.0800. The summed E-state index contributed by atoms with van der Waals surface area (Å²) in [5.74, 6) is 0. The molecule has 0 rings (SSSR count). The Morgan fingerprint density at radius 2 is 1.45 bits per heavy atom. The Kier molecular flexibility index (Phi) is 8.13. The van der Waals surface area contributed by atoms with Gasteiger partial charge in [-0.1, -0.05) is 19.8 Å². The summed E-state index contributed by atoms with van der Waals surface area (Å²) in [6.07, 6.45) is 5.54. The molecule has 0 saturated heterocycles. The van der Waals surface area contributed by atoms with Gasteiger partial charge in [0.1, 0.15) is 0 Å². The minimum absolute atomic E-state index is 0. The lowest BCUT2D eigenvalue weighted by Gasteiger charge is -2.23. The highest BCUT2D eigenvalue weighted by Gasteiger charge is 2.04. The predicted molar refractivity (Wildman–Crippen MR) is 52.1 cm³/mol.